The molecule has 9 N–H and O–H groups in total. The van der Waals surface area contributed by atoms with Gasteiger partial charge < -0.3 is 32.5 Å². The van der Waals surface area contributed by atoms with Gasteiger partial charge >= 0.3 is 5.97 Å². The first kappa shape index (κ1) is 17.6. The Labute approximate surface area is 115 Å². The number of aliphatic carboxylic acids is 1. The third kappa shape index (κ3) is 8.69. The van der Waals surface area contributed by atoms with Gasteiger partial charge in [0.1, 0.15) is 6.04 Å². The fourth-order valence-electron chi connectivity index (χ4n) is 1.28. The molecule has 0 spiro atoms. The summed E-state index contributed by atoms with van der Waals surface area (Å²) in [5.41, 5.74) is 10.1. The first-order valence-corrected chi connectivity index (χ1v) is 5.93. The average molecular weight is 288 g/mol. The number of carbonyl (C=O) groups is 3. The summed E-state index contributed by atoms with van der Waals surface area (Å²) in [7, 11) is 0. The second-order valence-corrected chi connectivity index (χ2v) is 3.92. The summed E-state index contributed by atoms with van der Waals surface area (Å²) in [4.78, 5) is 33.2. The van der Waals surface area contributed by atoms with Crippen molar-refractivity contribution in [1.29, 1.82) is 5.41 Å². The lowest BCUT2D eigenvalue weighted by molar-refractivity contribution is -0.141. The van der Waals surface area contributed by atoms with E-state index in [4.69, 9.17) is 22.0 Å². The van der Waals surface area contributed by atoms with E-state index < -0.39 is 23.8 Å². The lowest BCUT2D eigenvalue weighted by Gasteiger charge is -2.15. The summed E-state index contributed by atoms with van der Waals surface area (Å²) in [5.74, 6) is -2.49. The number of rotatable bonds is 9. The van der Waals surface area contributed by atoms with Crippen LogP contribution in [-0.2, 0) is 14.4 Å². The minimum absolute atomic E-state index is 0.173. The van der Waals surface area contributed by atoms with Crippen molar-refractivity contribution in [3.05, 3.63) is 0 Å². The van der Waals surface area contributed by atoms with E-state index in [1.54, 1.807) is 0 Å². The van der Waals surface area contributed by atoms with Crippen LogP contribution in [0.15, 0.2) is 0 Å². The fraction of sp³-hybridized carbons (Fsp3) is 0.600. The molecule has 0 heterocycles. The van der Waals surface area contributed by atoms with Crippen molar-refractivity contribution in [2.24, 2.45) is 11.5 Å². The van der Waals surface area contributed by atoms with Gasteiger partial charge in [-0.2, -0.15) is 0 Å². The zero-order valence-corrected chi connectivity index (χ0v) is 10.9. The van der Waals surface area contributed by atoms with Crippen LogP contribution in [0.3, 0.4) is 0 Å². The second kappa shape index (κ2) is 9.55. The lowest BCUT2D eigenvalue weighted by atomic mass is 10.1. The lowest BCUT2D eigenvalue weighted by Crippen LogP contribution is -2.46. The molecule has 0 aromatic rings. The number of carboxylic acid groups (broad SMARTS) is 1. The molecule has 2 amide bonds. The van der Waals surface area contributed by atoms with Crippen molar-refractivity contribution in [3.63, 3.8) is 0 Å². The molecule has 0 aliphatic heterocycles. The number of amides is 2. The summed E-state index contributed by atoms with van der Waals surface area (Å²) in [6.07, 6.45) is 0.582. The van der Waals surface area contributed by atoms with Gasteiger partial charge in [-0.25, -0.2) is 4.79 Å². The number of hydrogen-bond donors (Lipinski definition) is 7. The number of guanidine groups is 1. The highest BCUT2D eigenvalue weighted by atomic mass is 16.4. The Balaban J connectivity index is 4.06. The first-order valence-electron chi connectivity index (χ1n) is 5.93. The largest absolute Gasteiger partial charge is 0.480 e. The van der Waals surface area contributed by atoms with Crippen LogP contribution in [0.4, 0.5) is 0 Å². The predicted octanol–water partition coefficient (Wildman–Crippen LogP) is -3.11. The molecule has 0 radical (unpaired) electrons. The topological polar surface area (TPSA) is 183 Å². The maximum absolute atomic E-state index is 11.4. The molecule has 0 bridgehead atoms. The average Bonchev–Trinajstić information content (AvgIpc) is 2.38. The van der Waals surface area contributed by atoms with Crippen LogP contribution in [0.2, 0.25) is 0 Å². The minimum Gasteiger partial charge on any atom is -0.480 e. The Morgan fingerprint density at radius 2 is 1.85 bits per heavy atom. The normalized spacial score (nSPS) is 11.2. The molecule has 0 rings (SSSR count). The second-order valence-electron chi connectivity index (χ2n) is 3.92. The van der Waals surface area contributed by atoms with E-state index in [-0.39, 0.29) is 25.5 Å². The van der Waals surface area contributed by atoms with Gasteiger partial charge in [-0.15, -0.1) is 0 Å². The monoisotopic (exact) mass is 288 g/mol. The van der Waals surface area contributed by atoms with Crippen LogP contribution in [-0.4, -0.2) is 54.5 Å². The molecule has 10 nitrogen and oxygen atoms in total. The highest BCUT2D eigenvalue weighted by Gasteiger charge is 2.19. The van der Waals surface area contributed by atoms with Gasteiger partial charge in [-0.3, -0.25) is 15.0 Å². The Hall–Kier alpha value is -2.36. The molecule has 0 aromatic carbocycles. The number of carbonyl (C=O) groups excluding carboxylic acids is 2. The van der Waals surface area contributed by atoms with E-state index in [2.05, 4.69) is 16.0 Å². The predicted molar refractivity (Wildman–Crippen MR) is 70.8 cm³/mol. The molecule has 0 saturated heterocycles. The van der Waals surface area contributed by atoms with Crippen LogP contribution < -0.4 is 27.4 Å². The van der Waals surface area contributed by atoms with Gasteiger partial charge in [0.15, 0.2) is 5.96 Å². The maximum Gasteiger partial charge on any atom is 0.326 e. The molecule has 0 aliphatic rings. The van der Waals surface area contributed by atoms with Crippen molar-refractivity contribution in [3.8, 4) is 0 Å². The molecule has 0 aliphatic carbocycles. The van der Waals surface area contributed by atoms with E-state index >= 15 is 0 Å². The van der Waals surface area contributed by atoms with Crippen molar-refractivity contribution in [1.82, 2.24) is 16.0 Å². The van der Waals surface area contributed by atoms with Crippen molar-refractivity contribution in [2.75, 3.05) is 19.6 Å². The van der Waals surface area contributed by atoms with Crippen LogP contribution in [0.5, 0.6) is 0 Å². The van der Waals surface area contributed by atoms with E-state index in [0.717, 1.165) is 0 Å². The molecule has 114 valence electrons. The number of nitrogens with two attached hydrogens (primary N) is 2. The van der Waals surface area contributed by atoms with Gasteiger partial charge in [0.05, 0.1) is 13.1 Å². The Bertz CT molecular complexity index is 373. The van der Waals surface area contributed by atoms with Gasteiger partial charge in [0.2, 0.25) is 11.8 Å². The molecule has 1 atom stereocenters. The highest BCUT2D eigenvalue weighted by molar-refractivity contribution is 5.88. The van der Waals surface area contributed by atoms with E-state index in [1.165, 1.54) is 0 Å². The van der Waals surface area contributed by atoms with Crippen LogP contribution in [0.1, 0.15) is 12.8 Å². The zero-order chi connectivity index (χ0) is 15.5. The molecule has 1 unspecified atom stereocenters. The first-order chi connectivity index (χ1) is 9.36. The van der Waals surface area contributed by atoms with Crippen molar-refractivity contribution in [2.45, 2.75) is 18.9 Å². The summed E-state index contributed by atoms with van der Waals surface area (Å²) in [6, 6.07) is -1.06. The summed E-state index contributed by atoms with van der Waals surface area (Å²) >= 11 is 0. The SMILES string of the molecule is N=C(N)NCCCC(NC(=O)CNC(=O)CN)C(=O)O. The highest BCUT2D eigenvalue weighted by Crippen LogP contribution is 1.97. The van der Waals surface area contributed by atoms with E-state index in [1.807, 2.05) is 0 Å². The van der Waals surface area contributed by atoms with Gasteiger partial charge in [0.25, 0.3) is 0 Å². The number of carboxylic acids is 1. The van der Waals surface area contributed by atoms with Crippen molar-refractivity contribution >= 4 is 23.7 Å². The maximum atomic E-state index is 11.4. The molecule has 0 saturated carbocycles. The number of nitrogens with one attached hydrogen (secondary N) is 4. The van der Waals surface area contributed by atoms with E-state index in [9.17, 15) is 14.4 Å². The number of hydrogen-bond acceptors (Lipinski definition) is 5. The summed E-state index contributed by atoms with van der Waals surface area (Å²) < 4.78 is 0. The molecular formula is C10H20N6O4. The van der Waals surface area contributed by atoms with Crippen LogP contribution in [0, 0.1) is 5.41 Å². The van der Waals surface area contributed by atoms with Crippen LogP contribution >= 0.6 is 0 Å². The molecule has 20 heavy (non-hydrogen) atoms. The third-order valence-corrected chi connectivity index (χ3v) is 2.25. The van der Waals surface area contributed by atoms with Gasteiger partial charge in [-0.05, 0) is 12.8 Å². The summed E-state index contributed by atoms with van der Waals surface area (Å²) in [5, 5.41) is 22.9. The van der Waals surface area contributed by atoms with Gasteiger partial charge in [0, 0.05) is 6.54 Å². The fourth-order valence-corrected chi connectivity index (χ4v) is 1.28. The van der Waals surface area contributed by atoms with Gasteiger partial charge in [-0.1, -0.05) is 0 Å². The summed E-state index contributed by atoms with van der Waals surface area (Å²) in [6.45, 7) is -0.239. The molecule has 0 fully saturated rings. The smallest absolute Gasteiger partial charge is 0.326 e. The van der Waals surface area contributed by atoms with Crippen LogP contribution in [0.25, 0.3) is 0 Å². The van der Waals surface area contributed by atoms with Crippen molar-refractivity contribution < 1.29 is 19.5 Å². The minimum atomic E-state index is -1.17. The molecule has 0 aromatic heterocycles. The Morgan fingerprint density at radius 3 is 2.35 bits per heavy atom. The molecule has 10 heteroatoms. The Morgan fingerprint density at radius 1 is 1.20 bits per heavy atom. The Kier molecular flexibility index (Phi) is 8.43. The quantitative estimate of drug-likeness (QED) is 0.133. The standard InChI is InChI=1S/C10H20N6O4/c11-4-7(17)15-5-8(18)16-6(9(19)20)2-1-3-14-10(12)13/h6H,1-5,11H2,(H,15,17)(H,16,18)(H,19,20)(H4,12,13,14). The molecular weight excluding hydrogens is 268 g/mol. The third-order valence-electron chi connectivity index (χ3n) is 2.25. The zero-order valence-electron chi connectivity index (χ0n) is 10.9. The van der Waals surface area contributed by atoms with E-state index in [0.29, 0.717) is 13.0 Å².